The molecule has 8 nitrogen and oxygen atoms in total. The summed E-state index contributed by atoms with van der Waals surface area (Å²) in [6, 6.07) is 6.78. The molecule has 0 aromatic carbocycles. The molecule has 0 aliphatic heterocycles. The fraction of sp³-hybridized carbons (Fsp3) is 0.348. The second kappa shape index (κ2) is 8.67. The zero-order valence-corrected chi connectivity index (χ0v) is 18.0. The molecule has 3 aromatic heterocycles. The van der Waals surface area contributed by atoms with Crippen molar-refractivity contribution in [2.75, 3.05) is 25.6 Å². The molecule has 0 spiro atoms. The van der Waals surface area contributed by atoms with Gasteiger partial charge >= 0.3 is 0 Å². The SMILES string of the molecule is COc1ccnc(-c2nc3c(c(N(C)CC(=O)Cc4ccc(=O)n(C)c4)n2)CCC3)c1. The monoisotopic (exact) mass is 419 g/mol. The summed E-state index contributed by atoms with van der Waals surface area (Å²) in [6.45, 7) is 0.220. The number of aromatic nitrogens is 4. The van der Waals surface area contributed by atoms with Gasteiger partial charge in [0.1, 0.15) is 17.3 Å². The van der Waals surface area contributed by atoms with E-state index in [9.17, 15) is 9.59 Å². The number of aryl methyl sites for hydroxylation is 2. The highest BCUT2D eigenvalue weighted by molar-refractivity contribution is 5.85. The number of likely N-dealkylation sites (N-methyl/N-ethyl adjacent to an activating group) is 1. The van der Waals surface area contributed by atoms with E-state index in [2.05, 4.69) is 4.98 Å². The van der Waals surface area contributed by atoms with Crippen LogP contribution >= 0.6 is 0 Å². The fourth-order valence-electron chi connectivity index (χ4n) is 3.88. The smallest absolute Gasteiger partial charge is 0.250 e. The first-order valence-corrected chi connectivity index (χ1v) is 10.2. The van der Waals surface area contributed by atoms with Crippen LogP contribution in [0.2, 0.25) is 0 Å². The molecule has 0 saturated heterocycles. The lowest BCUT2D eigenvalue weighted by Crippen LogP contribution is -2.29. The lowest BCUT2D eigenvalue weighted by atomic mass is 10.1. The third-order valence-corrected chi connectivity index (χ3v) is 5.43. The summed E-state index contributed by atoms with van der Waals surface area (Å²) in [5.74, 6) is 2.05. The van der Waals surface area contributed by atoms with E-state index in [1.807, 2.05) is 18.0 Å². The molecule has 0 N–H and O–H groups in total. The number of Topliss-reactive ketones (excluding diaryl/α,β-unsaturated/α-hetero) is 1. The summed E-state index contributed by atoms with van der Waals surface area (Å²) < 4.78 is 6.78. The van der Waals surface area contributed by atoms with Crippen LogP contribution in [-0.4, -0.2) is 46.0 Å². The first-order valence-electron chi connectivity index (χ1n) is 10.2. The largest absolute Gasteiger partial charge is 0.497 e. The van der Waals surface area contributed by atoms with Crippen molar-refractivity contribution in [1.29, 1.82) is 0 Å². The number of nitrogens with zero attached hydrogens (tertiary/aromatic N) is 5. The lowest BCUT2D eigenvalue weighted by Gasteiger charge is -2.21. The summed E-state index contributed by atoms with van der Waals surface area (Å²) in [4.78, 5) is 40.1. The Morgan fingerprint density at radius 3 is 2.84 bits per heavy atom. The third-order valence-electron chi connectivity index (χ3n) is 5.43. The van der Waals surface area contributed by atoms with E-state index in [-0.39, 0.29) is 24.3 Å². The van der Waals surface area contributed by atoms with Crippen LogP contribution in [-0.2, 0) is 31.1 Å². The highest BCUT2D eigenvalue weighted by Crippen LogP contribution is 2.31. The molecule has 0 atom stereocenters. The van der Waals surface area contributed by atoms with E-state index >= 15 is 0 Å². The van der Waals surface area contributed by atoms with Gasteiger partial charge in [0.2, 0.25) is 5.56 Å². The highest BCUT2D eigenvalue weighted by atomic mass is 16.5. The van der Waals surface area contributed by atoms with Crippen molar-refractivity contribution in [2.45, 2.75) is 25.7 Å². The Balaban J connectivity index is 1.59. The average molecular weight is 419 g/mol. The maximum absolute atomic E-state index is 12.7. The van der Waals surface area contributed by atoms with Gasteiger partial charge < -0.3 is 14.2 Å². The molecule has 3 heterocycles. The second-order valence-corrected chi connectivity index (χ2v) is 7.79. The van der Waals surface area contributed by atoms with Crippen LogP contribution in [0.4, 0.5) is 5.82 Å². The van der Waals surface area contributed by atoms with Crippen LogP contribution < -0.4 is 15.2 Å². The Morgan fingerprint density at radius 2 is 2.06 bits per heavy atom. The number of carbonyl (C=O) groups is 1. The van der Waals surface area contributed by atoms with E-state index in [0.29, 0.717) is 17.3 Å². The molecule has 31 heavy (non-hydrogen) atoms. The van der Waals surface area contributed by atoms with Crippen molar-refractivity contribution in [3.63, 3.8) is 0 Å². The molecule has 0 amide bonds. The number of anilines is 1. The first kappa shape index (κ1) is 20.7. The summed E-state index contributed by atoms with van der Waals surface area (Å²) in [5, 5.41) is 0. The average Bonchev–Trinajstić information content (AvgIpc) is 3.24. The third kappa shape index (κ3) is 4.47. The Hall–Kier alpha value is -3.55. The van der Waals surface area contributed by atoms with Gasteiger partial charge in [-0.25, -0.2) is 9.97 Å². The van der Waals surface area contributed by atoms with E-state index in [4.69, 9.17) is 14.7 Å². The maximum Gasteiger partial charge on any atom is 0.250 e. The van der Waals surface area contributed by atoms with Gasteiger partial charge in [0.05, 0.1) is 13.7 Å². The second-order valence-electron chi connectivity index (χ2n) is 7.79. The van der Waals surface area contributed by atoms with E-state index in [0.717, 1.165) is 41.9 Å². The van der Waals surface area contributed by atoms with Crippen LogP contribution in [0.1, 0.15) is 23.2 Å². The molecule has 1 aliphatic rings. The number of rotatable bonds is 7. The van der Waals surface area contributed by atoms with Gasteiger partial charge in [-0.15, -0.1) is 0 Å². The Kier molecular flexibility index (Phi) is 5.79. The Labute approximate surface area is 180 Å². The number of methoxy groups -OCH3 is 1. The van der Waals surface area contributed by atoms with Crippen LogP contribution in [0.5, 0.6) is 5.75 Å². The molecule has 1 aliphatic carbocycles. The molecule has 3 aromatic rings. The topological polar surface area (TPSA) is 90.2 Å². The van der Waals surface area contributed by atoms with Gasteiger partial charge in [0.25, 0.3) is 0 Å². The molecule has 0 radical (unpaired) electrons. The van der Waals surface area contributed by atoms with Crippen molar-refractivity contribution in [3.8, 4) is 17.3 Å². The quantitative estimate of drug-likeness (QED) is 0.578. The van der Waals surface area contributed by atoms with E-state index in [1.54, 1.807) is 38.7 Å². The zero-order chi connectivity index (χ0) is 22.0. The highest BCUT2D eigenvalue weighted by Gasteiger charge is 2.23. The van der Waals surface area contributed by atoms with Gasteiger partial charge in [0, 0.05) is 56.3 Å². The van der Waals surface area contributed by atoms with Gasteiger partial charge in [-0.2, -0.15) is 0 Å². The predicted molar refractivity (Wildman–Crippen MR) is 118 cm³/mol. The van der Waals surface area contributed by atoms with E-state index < -0.39 is 0 Å². The number of hydrogen-bond donors (Lipinski definition) is 0. The molecule has 4 rings (SSSR count). The standard InChI is InChI=1S/C23H25N5O3/c1-27-13-15(7-8-21(27)30)11-16(29)14-28(2)23-18-5-4-6-19(18)25-22(26-23)20-12-17(31-3)9-10-24-20/h7-10,12-13H,4-6,11,14H2,1-3H3. The summed E-state index contributed by atoms with van der Waals surface area (Å²) in [5.41, 5.74) is 3.48. The zero-order valence-electron chi connectivity index (χ0n) is 18.0. The summed E-state index contributed by atoms with van der Waals surface area (Å²) in [7, 11) is 5.17. The molecule has 0 saturated carbocycles. The lowest BCUT2D eigenvalue weighted by molar-refractivity contribution is -0.117. The minimum absolute atomic E-state index is 0.0487. The molecule has 0 fully saturated rings. The molecule has 0 unspecified atom stereocenters. The number of ketones is 1. The summed E-state index contributed by atoms with van der Waals surface area (Å²) >= 11 is 0. The number of hydrogen-bond acceptors (Lipinski definition) is 7. The number of carbonyl (C=O) groups excluding carboxylic acids is 1. The molecular weight excluding hydrogens is 394 g/mol. The van der Waals surface area contributed by atoms with Crippen molar-refractivity contribution in [3.05, 3.63) is 63.8 Å². The minimum atomic E-state index is -0.0939. The number of ether oxygens (including phenoxy) is 1. The van der Waals surface area contributed by atoms with Gasteiger partial charge in [-0.1, -0.05) is 6.07 Å². The predicted octanol–water partition coefficient (Wildman–Crippen LogP) is 1.98. The number of fused-ring (bicyclic) bond motifs is 1. The van der Waals surface area contributed by atoms with E-state index in [1.165, 1.54) is 10.6 Å². The van der Waals surface area contributed by atoms with Gasteiger partial charge in [0.15, 0.2) is 11.6 Å². The number of pyridine rings is 2. The summed E-state index contributed by atoms with van der Waals surface area (Å²) in [6.07, 6.45) is 6.44. The molecule has 0 bridgehead atoms. The van der Waals surface area contributed by atoms with Crippen LogP contribution in [0.3, 0.4) is 0 Å². The Morgan fingerprint density at radius 1 is 1.23 bits per heavy atom. The Bertz CT molecular complexity index is 1190. The van der Waals surface area contributed by atoms with Crippen molar-refractivity contribution in [1.82, 2.24) is 19.5 Å². The normalized spacial score (nSPS) is 12.5. The van der Waals surface area contributed by atoms with Crippen molar-refractivity contribution in [2.24, 2.45) is 7.05 Å². The molecule has 160 valence electrons. The first-order chi connectivity index (χ1) is 14.9. The van der Waals surface area contributed by atoms with Crippen LogP contribution in [0.25, 0.3) is 11.5 Å². The fourth-order valence-corrected chi connectivity index (χ4v) is 3.88. The van der Waals surface area contributed by atoms with Gasteiger partial charge in [-0.3, -0.25) is 14.6 Å². The maximum atomic E-state index is 12.7. The van der Waals surface area contributed by atoms with Crippen molar-refractivity contribution < 1.29 is 9.53 Å². The van der Waals surface area contributed by atoms with Crippen molar-refractivity contribution >= 4 is 11.6 Å². The minimum Gasteiger partial charge on any atom is -0.497 e. The van der Waals surface area contributed by atoms with Crippen LogP contribution in [0, 0.1) is 0 Å². The van der Waals surface area contributed by atoms with Crippen LogP contribution in [0.15, 0.2) is 41.5 Å². The van der Waals surface area contributed by atoms with Gasteiger partial charge in [-0.05, 0) is 30.9 Å². The molecule has 8 heteroatoms. The molecular formula is C23H25N5O3.